The lowest BCUT2D eigenvalue weighted by atomic mass is 9.96. The number of hydrogen-bond donors (Lipinski definition) is 1. The Labute approximate surface area is 205 Å². The number of thiazole rings is 1. The Bertz CT molecular complexity index is 1390. The van der Waals surface area contributed by atoms with E-state index in [2.05, 4.69) is 4.98 Å². The molecule has 3 nitrogen and oxygen atoms in total. The van der Waals surface area contributed by atoms with Crippen molar-refractivity contribution in [3.8, 4) is 33.0 Å². The van der Waals surface area contributed by atoms with Crippen LogP contribution in [0.3, 0.4) is 0 Å². The Hall–Kier alpha value is -2.58. The molecule has 0 atom stereocenters. The Morgan fingerprint density at radius 2 is 1.61 bits per heavy atom. The minimum atomic E-state index is -4.62. The van der Waals surface area contributed by atoms with Gasteiger partial charge in [0.25, 0.3) is 0 Å². The monoisotopic (exact) mass is 527 g/mol. The van der Waals surface area contributed by atoms with E-state index in [-0.39, 0.29) is 21.7 Å². The number of hydrogen-bond acceptors (Lipinski definition) is 3. The van der Waals surface area contributed by atoms with Crippen molar-refractivity contribution in [1.29, 1.82) is 0 Å². The zero-order chi connectivity index (χ0) is 23.9. The van der Waals surface area contributed by atoms with Crippen molar-refractivity contribution in [2.45, 2.75) is 6.18 Å². The molecule has 3 aromatic carbocycles. The first-order chi connectivity index (χ1) is 15.5. The first kappa shape index (κ1) is 23.6. The molecule has 0 fully saturated rings. The fourth-order valence-electron chi connectivity index (χ4n) is 3.21. The Balaban J connectivity index is 1.76. The number of aromatic nitrogens is 1. The lowest BCUT2D eigenvalue weighted by Gasteiger charge is -2.12. The van der Waals surface area contributed by atoms with Crippen molar-refractivity contribution in [2.75, 3.05) is 0 Å². The predicted molar refractivity (Wildman–Crippen MR) is 125 cm³/mol. The van der Waals surface area contributed by atoms with Gasteiger partial charge < -0.3 is 5.11 Å². The van der Waals surface area contributed by atoms with E-state index in [4.69, 9.17) is 34.8 Å². The van der Waals surface area contributed by atoms with Crippen LogP contribution in [0.2, 0.25) is 15.1 Å². The second-order valence-corrected chi connectivity index (χ2v) is 9.07. The average molecular weight is 529 g/mol. The van der Waals surface area contributed by atoms with Crippen LogP contribution in [0.25, 0.3) is 33.0 Å². The van der Waals surface area contributed by atoms with Crippen molar-refractivity contribution in [3.05, 3.63) is 86.2 Å². The molecule has 33 heavy (non-hydrogen) atoms. The molecule has 0 amide bonds. The van der Waals surface area contributed by atoms with Gasteiger partial charge >= 0.3 is 12.1 Å². The maximum absolute atomic E-state index is 13.2. The van der Waals surface area contributed by atoms with Gasteiger partial charge in [-0.3, -0.25) is 0 Å². The summed E-state index contributed by atoms with van der Waals surface area (Å²) >= 11 is 19.2. The van der Waals surface area contributed by atoms with E-state index in [0.29, 0.717) is 26.3 Å². The molecule has 10 heteroatoms. The van der Waals surface area contributed by atoms with Crippen LogP contribution in [-0.4, -0.2) is 16.1 Å². The summed E-state index contributed by atoms with van der Waals surface area (Å²) in [6, 6.07) is 12.5. The molecular formula is C23H11Cl3F3NO2S. The highest BCUT2D eigenvalue weighted by Gasteiger charge is 2.31. The average Bonchev–Trinajstić information content (AvgIpc) is 3.24. The van der Waals surface area contributed by atoms with Crippen molar-refractivity contribution in [2.24, 2.45) is 0 Å². The molecule has 0 aliphatic rings. The van der Waals surface area contributed by atoms with E-state index in [1.165, 1.54) is 29.5 Å². The SMILES string of the molecule is O=C(O)c1cc(-c2nc(-c3ccc(Cl)c(Cl)c3)cs2)ccc1-c1cc(Cl)cc(C(F)(F)F)c1. The molecular weight excluding hydrogens is 518 g/mol. The Morgan fingerprint density at radius 3 is 2.27 bits per heavy atom. The topological polar surface area (TPSA) is 50.2 Å². The van der Waals surface area contributed by atoms with Gasteiger partial charge in [-0.05, 0) is 47.5 Å². The number of nitrogens with zero attached hydrogens (tertiary/aromatic N) is 1. The fraction of sp³-hybridized carbons (Fsp3) is 0.0435. The summed E-state index contributed by atoms with van der Waals surface area (Å²) in [6.45, 7) is 0. The summed E-state index contributed by atoms with van der Waals surface area (Å²) in [5.74, 6) is -1.29. The van der Waals surface area contributed by atoms with Crippen LogP contribution in [0.15, 0.2) is 60.0 Å². The number of alkyl halides is 3. The maximum atomic E-state index is 13.2. The van der Waals surface area contributed by atoms with Gasteiger partial charge in [-0.25, -0.2) is 9.78 Å². The molecule has 0 unspecified atom stereocenters. The first-order valence-electron chi connectivity index (χ1n) is 9.20. The van der Waals surface area contributed by atoms with Crippen molar-refractivity contribution in [1.82, 2.24) is 4.98 Å². The van der Waals surface area contributed by atoms with E-state index in [1.807, 2.05) is 0 Å². The molecule has 0 spiro atoms. The number of halogens is 6. The van der Waals surface area contributed by atoms with Crippen LogP contribution in [-0.2, 0) is 6.18 Å². The lowest BCUT2D eigenvalue weighted by molar-refractivity contribution is -0.137. The molecule has 4 rings (SSSR count). The molecule has 168 valence electrons. The molecule has 0 radical (unpaired) electrons. The third-order valence-corrected chi connectivity index (χ3v) is 6.60. The van der Waals surface area contributed by atoms with Crippen LogP contribution in [0.4, 0.5) is 13.2 Å². The summed E-state index contributed by atoms with van der Waals surface area (Å²) in [5.41, 5.74) is 0.894. The molecule has 0 aliphatic heterocycles. The largest absolute Gasteiger partial charge is 0.478 e. The fourth-order valence-corrected chi connectivity index (χ4v) is 4.57. The zero-order valence-corrected chi connectivity index (χ0v) is 19.3. The number of aromatic carboxylic acids is 1. The molecule has 1 aromatic heterocycles. The minimum absolute atomic E-state index is 0.0504. The van der Waals surface area contributed by atoms with E-state index in [1.54, 1.807) is 29.6 Å². The molecule has 0 bridgehead atoms. The summed E-state index contributed by atoms with van der Waals surface area (Å²) in [7, 11) is 0. The van der Waals surface area contributed by atoms with E-state index in [9.17, 15) is 23.1 Å². The number of carboxylic acid groups (broad SMARTS) is 1. The second-order valence-electron chi connectivity index (χ2n) is 6.96. The van der Waals surface area contributed by atoms with Crippen LogP contribution < -0.4 is 0 Å². The zero-order valence-electron chi connectivity index (χ0n) is 16.3. The highest BCUT2D eigenvalue weighted by atomic mass is 35.5. The molecule has 4 aromatic rings. The highest BCUT2D eigenvalue weighted by Crippen LogP contribution is 2.38. The highest BCUT2D eigenvalue weighted by molar-refractivity contribution is 7.13. The normalized spacial score (nSPS) is 11.6. The third kappa shape index (κ3) is 5.01. The number of carboxylic acids is 1. The predicted octanol–water partition coefficient (Wildman–Crippen LogP) is 8.82. The summed E-state index contributed by atoms with van der Waals surface area (Å²) < 4.78 is 39.6. The van der Waals surface area contributed by atoms with Gasteiger partial charge in [-0.1, -0.05) is 53.0 Å². The third-order valence-electron chi connectivity index (χ3n) is 4.75. The van der Waals surface area contributed by atoms with Gasteiger partial charge in [0, 0.05) is 21.5 Å². The van der Waals surface area contributed by atoms with E-state index >= 15 is 0 Å². The Kier molecular flexibility index (Phi) is 6.42. The molecule has 1 heterocycles. The van der Waals surface area contributed by atoms with Gasteiger partial charge in [0.05, 0.1) is 26.9 Å². The molecule has 0 saturated heterocycles. The van der Waals surface area contributed by atoms with Crippen LogP contribution in [0, 0.1) is 0 Å². The van der Waals surface area contributed by atoms with Gasteiger partial charge in [0.1, 0.15) is 5.01 Å². The second kappa shape index (κ2) is 8.99. The van der Waals surface area contributed by atoms with E-state index < -0.39 is 17.7 Å². The number of benzene rings is 3. The summed E-state index contributed by atoms with van der Waals surface area (Å²) in [5, 5.41) is 12.7. The quantitative estimate of drug-likeness (QED) is 0.288. The molecule has 0 saturated carbocycles. The van der Waals surface area contributed by atoms with Gasteiger partial charge in [0.2, 0.25) is 0 Å². The van der Waals surface area contributed by atoms with Crippen molar-refractivity contribution in [3.63, 3.8) is 0 Å². The van der Waals surface area contributed by atoms with Gasteiger partial charge in [-0.15, -0.1) is 11.3 Å². The van der Waals surface area contributed by atoms with Crippen LogP contribution >= 0.6 is 46.1 Å². The maximum Gasteiger partial charge on any atom is 0.416 e. The molecule has 0 aliphatic carbocycles. The Morgan fingerprint density at radius 1 is 0.879 bits per heavy atom. The van der Waals surface area contributed by atoms with E-state index in [0.717, 1.165) is 17.7 Å². The summed E-state index contributed by atoms with van der Waals surface area (Å²) in [4.78, 5) is 16.5. The van der Waals surface area contributed by atoms with Gasteiger partial charge in [-0.2, -0.15) is 13.2 Å². The molecule has 1 N–H and O–H groups in total. The standard InChI is InChI=1S/C23H11Cl3F3NO2S/c24-15-6-13(5-14(9-15)23(27,28)29)16-3-1-12(7-17(16)22(31)32)21-30-20(10-33-21)11-2-4-18(25)19(26)8-11/h1-10H,(H,31,32). The number of rotatable bonds is 4. The van der Waals surface area contributed by atoms with Crippen molar-refractivity contribution >= 4 is 52.1 Å². The minimum Gasteiger partial charge on any atom is -0.478 e. The van der Waals surface area contributed by atoms with Crippen LogP contribution in [0.1, 0.15) is 15.9 Å². The van der Waals surface area contributed by atoms with Crippen LogP contribution in [0.5, 0.6) is 0 Å². The summed E-state index contributed by atoms with van der Waals surface area (Å²) in [6.07, 6.45) is -4.62. The van der Waals surface area contributed by atoms with Gasteiger partial charge in [0.15, 0.2) is 0 Å². The lowest BCUT2D eigenvalue weighted by Crippen LogP contribution is -2.06. The first-order valence-corrected chi connectivity index (χ1v) is 11.2. The van der Waals surface area contributed by atoms with Crippen molar-refractivity contribution < 1.29 is 23.1 Å². The number of carbonyl (C=O) groups is 1. The smallest absolute Gasteiger partial charge is 0.416 e.